The third kappa shape index (κ3) is 13.7. The molecule has 0 saturated heterocycles. The fourth-order valence-electron chi connectivity index (χ4n) is 1.99. The highest BCUT2D eigenvalue weighted by Crippen LogP contribution is 2.19. The first-order valence-electron chi connectivity index (χ1n) is 7.82. The molecule has 0 aromatic heterocycles. The molecule has 0 aliphatic heterocycles. The summed E-state index contributed by atoms with van der Waals surface area (Å²) in [6, 6.07) is 0. The molecule has 0 radical (unpaired) electrons. The van der Waals surface area contributed by atoms with Gasteiger partial charge < -0.3 is 4.74 Å². The van der Waals surface area contributed by atoms with Crippen LogP contribution >= 0.6 is 0 Å². The molecule has 0 aromatic rings. The maximum Gasteiger partial charge on any atom is 0.135 e. The lowest BCUT2D eigenvalue weighted by Crippen LogP contribution is -2.15. The second-order valence-electron chi connectivity index (χ2n) is 7.21. The van der Waals surface area contributed by atoms with Gasteiger partial charge in [0.15, 0.2) is 0 Å². The largest absolute Gasteiger partial charge is 0.381 e. The number of ketones is 2. The van der Waals surface area contributed by atoms with Crippen LogP contribution in [-0.2, 0) is 14.3 Å². The molecule has 0 bridgehead atoms. The summed E-state index contributed by atoms with van der Waals surface area (Å²) >= 11 is 0. The van der Waals surface area contributed by atoms with E-state index in [1.165, 1.54) is 0 Å². The molecular formula is C17H32O3. The van der Waals surface area contributed by atoms with E-state index in [1.807, 2.05) is 0 Å². The molecule has 0 saturated carbocycles. The van der Waals surface area contributed by atoms with Crippen molar-refractivity contribution in [3.05, 3.63) is 0 Å². The van der Waals surface area contributed by atoms with Crippen LogP contribution in [-0.4, -0.2) is 24.8 Å². The van der Waals surface area contributed by atoms with E-state index < -0.39 is 0 Å². The van der Waals surface area contributed by atoms with Crippen molar-refractivity contribution in [2.45, 2.75) is 73.1 Å². The Hall–Kier alpha value is -0.700. The molecule has 0 amide bonds. The molecule has 0 fully saturated rings. The first-order valence-corrected chi connectivity index (χ1v) is 7.82. The van der Waals surface area contributed by atoms with Gasteiger partial charge in [0, 0.05) is 25.7 Å². The van der Waals surface area contributed by atoms with Crippen molar-refractivity contribution in [3.8, 4) is 0 Å². The molecule has 3 heteroatoms. The van der Waals surface area contributed by atoms with Crippen LogP contribution in [0.3, 0.4) is 0 Å². The fourth-order valence-corrected chi connectivity index (χ4v) is 1.99. The predicted octanol–water partition coefficient (Wildman–Crippen LogP) is 4.18. The van der Waals surface area contributed by atoms with Gasteiger partial charge in [0.25, 0.3) is 0 Å². The summed E-state index contributed by atoms with van der Waals surface area (Å²) in [4.78, 5) is 23.2. The average molecular weight is 284 g/mol. The van der Waals surface area contributed by atoms with Crippen LogP contribution in [0.25, 0.3) is 0 Å². The lowest BCUT2D eigenvalue weighted by atomic mass is 9.89. The highest BCUT2D eigenvalue weighted by Gasteiger charge is 2.15. The summed E-state index contributed by atoms with van der Waals surface area (Å²) in [5.41, 5.74) is 0.0451. The van der Waals surface area contributed by atoms with Gasteiger partial charge in [-0.25, -0.2) is 0 Å². The van der Waals surface area contributed by atoms with Crippen LogP contribution in [0.4, 0.5) is 0 Å². The Morgan fingerprint density at radius 3 is 2.00 bits per heavy atom. The van der Waals surface area contributed by atoms with Gasteiger partial charge in [-0.2, -0.15) is 0 Å². The Balaban J connectivity index is 3.48. The molecule has 0 N–H and O–H groups in total. The number of carbonyl (C=O) groups is 2. The van der Waals surface area contributed by atoms with Crippen LogP contribution in [0, 0.1) is 11.3 Å². The van der Waals surface area contributed by atoms with E-state index in [0.29, 0.717) is 44.8 Å². The summed E-state index contributed by atoms with van der Waals surface area (Å²) in [6.45, 7) is 11.4. The first-order chi connectivity index (χ1) is 9.20. The number of ether oxygens (including phenoxy) is 1. The quantitative estimate of drug-likeness (QED) is 0.534. The van der Waals surface area contributed by atoms with Crippen molar-refractivity contribution < 1.29 is 14.3 Å². The molecule has 0 rings (SSSR count). The molecule has 0 aliphatic carbocycles. The van der Waals surface area contributed by atoms with Crippen LogP contribution < -0.4 is 0 Å². The average Bonchev–Trinajstić information content (AvgIpc) is 2.25. The molecule has 0 spiro atoms. The van der Waals surface area contributed by atoms with Gasteiger partial charge in [-0.1, -0.05) is 41.0 Å². The molecule has 0 heterocycles. The zero-order valence-corrected chi connectivity index (χ0v) is 14.0. The van der Waals surface area contributed by atoms with E-state index in [0.717, 1.165) is 12.8 Å². The molecule has 20 heavy (non-hydrogen) atoms. The lowest BCUT2D eigenvalue weighted by Gasteiger charge is -2.16. The monoisotopic (exact) mass is 284 g/mol. The van der Waals surface area contributed by atoms with Gasteiger partial charge in [0.05, 0.1) is 13.2 Å². The zero-order chi connectivity index (χ0) is 15.6. The summed E-state index contributed by atoms with van der Waals surface area (Å²) in [5, 5.41) is 0. The highest BCUT2D eigenvalue weighted by molar-refractivity contribution is 5.79. The summed E-state index contributed by atoms with van der Waals surface area (Å²) in [5.74, 6) is 1.17. The first kappa shape index (κ1) is 19.3. The Morgan fingerprint density at radius 1 is 0.950 bits per heavy atom. The maximum absolute atomic E-state index is 11.6. The third-order valence-electron chi connectivity index (χ3n) is 3.02. The molecule has 118 valence electrons. The number of carbonyl (C=O) groups excluding carboxylic acids is 2. The molecular weight excluding hydrogens is 252 g/mol. The van der Waals surface area contributed by atoms with Crippen molar-refractivity contribution in [3.63, 3.8) is 0 Å². The van der Waals surface area contributed by atoms with E-state index in [9.17, 15) is 9.59 Å². The SMILES string of the molecule is CC(C)CCCC(=O)CCOCCC(=O)CC(C)(C)C. The van der Waals surface area contributed by atoms with Crippen LogP contribution in [0.2, 0.25) is 0 Å². The number of hydrogen-bond donors (Lipinski definition) is 0. The number of Topliss-reactive ketones (excluding diaryl/α,β-unsaturated/α-hetero) is 2. The number of hydrogen-bond acceptors (Lipinski definition) is 3. The standard InChI is InChI=1S/C17H32O3/c1-14(2)7-6-8-15(18)9-11-20-12-10-16(19)13-17(3,4)5/h14H,6-13H2,1-5H3. The number of rotatable bonds is 11. The minimum Gasteiger partial charge on any atom is -0.381 e. The third-order valence-corrected chi connectivity index (χ3v) is 3.02. The van der Waals surface area contributed by atoms with Crippen molar-refractivity contribution in [2.24, 2.45) is 11.3 Å². The Kier molecular flexibility index (Phi) is 9.74. The highest BCUT2D eigenvalue weighted by atomic mass is 16.5. The van der Waals surface area contributed by atoms with Crippen LogP contribution in [0.1, 0.15) is 73.1 Å². The summed E-state index contributed by atoms with van der Waals surface area (Å²) in [6.07, 6.45) is 4.26. The summed E-state index contributed by atoms with van der Waals surface area (Å²) in [7, 11) is 0. The van der Waals surface area contributed by atoms with E-state index >= 15 is 0 Å². The molecule has 0 unspecified atom stereocenters. The maximum atomic E-state index is 11.6. The smallest absolute Gasteiger partial charge is 0.135 e. The van der Waals surface area contributed by atoms with Gasteiger partial charge in [0.1, 0.15) is 11.6 Å². The Bertz CT molecular complexity index is 287. The fraction of sp³-hybridized carbons (Fsp3) is 0.882. The van der Waals surface area contributed by atoms with Gasteiger partial charge >= 0.3 is 0 Å². The molecule has 0 aliphatic rings. The van der Waals surface area contributed by atoms with Crippen molar-refractivity contribution >= 4 is 11.6 Å². The van der Waals surface area contributed by atoms with E-state index in [1.54, 1.807) is 0 Å². The normalized spacial score (nSPS) is 11.9. The molecule has 0 atom stereocenters. The van der Waals surface area contributed by atoms with E-state index in [4.69, 9.17) is 4.74 Å². The van der Waals surface area contributed by atoms with Gasteiger partial charge in [-0.3, -0.25) is 9.59 Å². The molecule has 0 aromatic carbocycles. The van der Waals surface area contributed by atoms with E-state index in [-0.39, 0.29) is 17.0 Å². The van der Waals surface area contributed by atoms with Gasteiger partial charge in [-0.05, 0) is 17.8 Å². The van der Waals surface area contributed by atoms with Crippen molar-refractivity contribution in [2.75, 3.05) is 13.2 Å². The Labute approximate surface area is 124 Å². The van der Waals surface area contributed by atoms with Gasteiger partial charge in [0.2, 0.25) is 0 Å². The minimum absolute atomic E-state index is 0.0451. The zero-order valence-electron chi connectivity index (χ0n) is 14.0. The lowest BCUT2D eigenvalue weighted by molar-refractivity contribution is -0.122. The second-order valence-corrected chi connectivity index (χ2v) is 7.21. The van der Waals surface area contributed by atoms with Crippen molar-refractivity contribution in [1.29, 1.82) is 0 Å². The van der Waals surface area contributed by atoms with Crippen LogP contribution in [0.5, 0.6) is 0 Å². The van der Waals surface area contributed by atoms with Gasteiger partial charge in [-0.15, -0.1) is 0 Å². The Morgan fingerprint density at radius 2 is 1.50 bits per heavy atom. The van der Waals surface area contributed by atoms with Crippen LogP contribution in [0.15, 0.2) is 0 Å². The van der Waals surface area contributed by atoms with Crippen molar-refractivity contribution in [1.82, 2.24) is 0 Å². The molecule has 3 nitrogen and oxygen atoms in total. The topological polar surface area (TPSA) is 43.4 Å². The predicted molar refractivity (Wildman–Crippen MR) is 82.8 cm³/mol. The minimum atomic E-state index is 0.0451. The second kappa shape index (κ2) is 10.1. The summed E-state index contributed by atoms with van der Waals surface area (Å²) < 4.78 is 5.38. The van der Waals surface area contributed by atoms with E-state index in [2.05, 4.69) is 34.6 Å².